The van der Waals surface area contributed by atoms with E-state index in [1.807, 2.05) is 13.8 Å². The van der Waals surface area contributed by atoms with Crippen LogP contribution < -0.4 is 0 Å². The van der Waals surface area contributed by atoms with Crippen molar-refractivity contribution >= 4 is 0 Å². The molecular formula is C9H16O. The second-order valence-electron chi connectivity index (χ2n) is 2.91. The Balaban J connectivity index is 3.39. The molecule has 58 valence electrons. The third-order valence-corrected chi connectivity index (χ3v) is 1.80. The first-order valence-corrected chi connectivity index (χ1v) is 3.78. The molecule has 0 amide bonds. The minimum absolute atomic E-state index is 0.503. The van der Waals surface area contributed by atoms with E-state index >= 15 is 0 Å². The van der Waals surface area contributed by atoms with E-state index in [0.717, 1.165) is 25.7 Å². The molecule has 1 N–H and O–H groups in total. The van der Waals surface area contributed by atoms with Crippen molar-refractivity contribution in [3.05, 3.63) is 0 Å². The number of hydrogen-bond acceptors (Lipinski definition) is 1. The minimum atomic E-state index is -0.503. The van der Waals surface area contributed by atoms with Gasteiger partial charge in [0, 0.05) is 6.42 Å². The molecule has 1 unspecified atom stereocenters. The van der Waals surface area contributed by atoms with Gasteiger partial charge < -0.3 is 5.11 Å². The molecule has 1 heteroatoms. The first-order valence-electron chi connectivity index (χ1n) is 3.78. The van der Waals surface area contributed by atoms with Crippen molar-refractivity contribution in [2.24, 2.45) is 0 Å². The molecule has 0 aromatic heterocycles. The van der Waals surface area contributed by atoms with Gasteiger partial charge in [0.25, 0.3) is 0 Å². The van der Waals surface area contributed by atoms with Crippen LogP contribution in [0.15, 0.2) is 0 Å². The van der Waals surface area contributed by atoms with Crippen LogP contribution in [-0.4, -0.2) is 10.7 Å². The summed E-state index contributed by atoms with van der Waals surface area (Å²) in [5, 5.41) is 9.48. The van der Waals surface area contributed by atoms with E-state index in [1.54, 1.807) is 0 Å². The summed E-state index contributed by atoms with van der Waals surface area (Å²) in [6.07, 6.45) is 8.39. The Bertz CT molecular complexity index is 119. The van der Waals surface area contributed by atoms with Crippen molar-refractivity contribution in [1.82, 2.24) is 0 Å². The molecular weight excluding hydrogens is 124 g/mol. The number of aliphatic hydroxyl groups is 1. The average Bonchev–Trinajstić information content (AvgIpc) is 1.89. The zero-order valence-electron chi connectivity index (χ0n) is 6.85. The van der Waals surface area contributed by atoms with Crippen molar-refractivity contribution in [2.75, 3.05) is 0 Å². The molecule has 0 aromatic carbocycles. The van der Waals surface area contributed by atoms with Crippen LogP contribution in [0, 0.1) is 12.3 Å². The zero-order chi connectivity index (χ0) is 8.04. The Morgan fingerprint density at radius 1 is 1.60 bits per heavy atom. The van der Waals surface area contributed by atoms with Crippen LogP contribution in [0.3, 0.4) is 0 Å². The van der Waals surface area contributed by atoms with Crippen LogP contribution in [-0.2, 0) is 0 Å². The smallest absolute Gasteiger partial charge is 0.0617 e. The van der Waals surface area contributed by atoms with Gasteiger partial charge in [-0.2, -0.15) is 0 Å². The number of terminal acetylenes is 1. The van der Waals surface area contributed by atoms with Gasteiger partial charge in [-0.1, -0.05) is 6.92 Å². The van der Waals surface area contributed by atoms with Crippen molar-refractivity contribution < 1.29 is 5.11 Å². The summed E-state index contributed by atoms with van der Waals surface area (Å²) in [5.41, 5.74) is -0.503. The Hall–Kier alpha value is -0.480. The highest BCUT2D eigenvalue weighted by Gasteiger charge is 2.15. The van der Waals surface area contributed by atoms with E-state index in [-0.39, 0.29) is 0 Å². The number of rotatable bonds is 4. The Kier molecular flexibility index (Phi) is 4.14. The van der Waals surface area contributed by atoms with Gasteiger partial charge in [-0.25, -0.2) is 0 Å². The normalized spacial score (nSPS) is 15.8. The fourth-order valence-electron chi connectivity index (χ4n) is 0.748. The number of unbranched alkanes of at least 4 members (excludes halogenated alkanes) is 1. The van der Waals surface area contributed by atoms with Gasteiger partial charge in [0.05, 0.1) is 5.60 Å². The Morgan fingerprint density at radius 2 is 2.20 bits per heavy atom. The molecule has 0 aromatic rings. The quantitative estimate of drug-likeness (QED) is 0.467. The molecule has 0 aliphatic rings. The van der Waals surface area contributed by atoms with Gasteiger partial charge in [-0.3, -0.25) is 0 Å². The molecule has 0 saturated carbocycles. The lowest BCUT2D eigenvalue weighted by atomic mass is 9.96. The van der Waals surface area contributed by atoms with Crippen molar-refractivity contribution in [3.63, 3.8) is 0 Å². The fourth-order valence-corrected chi connectivity index (χ4v) is 0.748. The van der Waals surface area contributed by atoms with Crippen LogP contribution in [0.25, 0.3) is 0 Å². The molecule has 1 nitrogen and oxygen atoms in total. The molecule has 0 spiro atoms. The fraction of sp³-hybridized carbons (Fsp3) is 0.778. The molecule has 10 heavy (non-hydrogen) atoms. The van der Waals surface area contributed by atoms with Crippen LogP contribution in [0.4, 0.5) is 0 Å². The SMILES string of the molecule is C#CCCCC(C)(O)CC. The van der Waals surface area contributed by atoms with Gasteiger partial charge in [0.2, 0.25) is 0 Å². The largest absolute Gasteiger partial charge is 0.390 e. The predicted molar refractivity (Wildman–Crippen MR) is 43.6 cm³/mol. The molecule has 0 heterocycles. The highest BCUT2D eigenvalue weighted by molar-refractivity contribution is 4.84. The van der Waals surface area contributed by atoms with Crippen LogP contribution in [0.2, 0.25) is 0 Å². The maximum absolute atomic E-state index is 9.48. The molecule has 0 aliphatic carbocycles. The zero-order valence-corrected chi connectivity index (χ0v) is 6.85. The summed E-state index contributed by atoms with van der Waals surface area (Å²) in [6, 6.07) is 0. The summed E-state index contributed by atoms with van der Waals surface area (Å²) >= 11 is 0. The van der Waals surface area contributed by atoms with Crippen LogP contribution >= 0.6 is 0 Å². The summed E-state index contributed by atoms with van der Waals surface area (Å²) in [5.74, 6) is 2.55. The van der Waals surface area contributed by atoms with E-state index in [9.17, 15) is 5.11 Å². The summed E-state index contributed by atoms with van der Waals surface area (Å²) in [7, 11) is 0. The lowest BCUT2D eigenvalue weighted by Gasteiger charge is -2.19. The van der Waals surface area contributed by atoms with Gasteiger partial charge in [-0.15, -0.1) is 12.3 Å². The lowest BCUT2D eigenvalue weighted by molar-refractivity contribution is 0.0454. The van der Waals surface area contributed by atoms with E-state index in [2.05, 4.69) is 5.92 Å². The Labute approximate surface area is 63.5 Å². The topological polar surface area (TPSA) is 20.2 Å². The average molecular weight is 140 g/mol. The monoisotopic (exact) mass is 140 g/mol. The third kappa shape index (κ3) is 4.40. The highest BCUT2D eigenvalue weighted by Crippen LogP contribution is 2.16. The molecule has 0 fully saturated rings. The predicted octanol–water partition coefficient (Wildman–Crippen LogP) is 1.95. The van der Waals surface area contributed by atoms with Crippen molar-refractivity contribution in [1.29, 1.82) is 0 Å². The molecule has 0 saturated heterocycles. The van der Waals surface area contributed by atoms with Gasteiger partial charge in [0.15, 0.2) is 0 Å². The van der Waals surface area contributed by atoms with Crippen LogP contribution in [0.5, 0.6) is 0 Å². The van der Waals surface area contributed by atoms with Gasteiger partial charge in [0.1, 0.15) is 0 Å². The third-order valence-electron chi connectivity index (χ3n) is 1.80. The molecule has 1 atom stereocenters. The molecule has 0 aliphatic heterocycles. The summed E-state index contributed by atoms with van der Waals surface area (Å²) in [6.45, 7) is 3.83. The van der Waals surface area contributed by atoms with Gasteiger partial charge >= 0.3 is 0 Å². The van der Waals surface area contributed by atoms with Crippen LogP contribution in [0.1, 0.15) is 39.5 Å². The maximum Gasteiger partial charge on any atom is 0.0617 e. The van der Waals surface area contributed by atoms with E-state index in [0.29, 0.717) is 0 Å². The van der Waals surface area contributed by atoms with Crippen molar-refractivity contribution in [2.45, 2.75) is 45.1 Å². The lowest BCUT2D eigenvalue weighted by Crippen LogP contribution is -2.21. The first kappa shape index (κ1) is 9.52. The van der Waals surface area contributed by atoms with E-state index in [4.69, 9.17) is 6.42 Å². The summed E-state index contributed by atoms with van der Waals surface area (Å²) in [4.78, 5) is 0. The molecule has 0 rings (SSSR count). The standard InChI is InChI=1S/C9H16O/c1-4-6-7-8-9(3,10)5-2/h1,10H,5-8H2,2-3H3. The maximum atomic E-state index is 9.48. The van der Waals surface area contributed by atoms with E-state index in [1.165, 1.54) is 0 Å². The minimum Gasteiger partial charge on any atom is -0.390 e. The second-order valence-corrected chi connectivity index (χ2v) is 2.91. The van der Waals surface area contributed by atoms with Gasteiger partial charge in [-0.05, 0) is 26.2 Å². The molecule has 0 bridgehead atoms. The number of hydrogen-bond donors (Lipinski definition) is 1. The molecule has 0 radical (unpaired) electrons. The van der Waals surface area contributed by atoms with E-state index < -0.39 is 5.60 Å². The van der Waals surface area contributed by atoms with Crippen molar-refractivity contribution in [3.8, 4) is 12.3 Å². The second kappa shape index (κ2) is 4.35. The Morgan fingerprint density at radius 3 is 2.60 bits per heavy atom. The highest BCUT2D eigenvalue weighted by atomic mass is 16.3. The summed E-state index contributed by atoms with van der Waals surface area (Å²) < 4.78 is 0. The first-order chi connectivity index (χ1) is 4.62.